The number of hydrogen-bond acceptors (Lipinski definition) is 4. The zero-order chi connectivity index (χ0) is 19.5. The predicted octanol–water partition coefficient (Wildman–Crippen LogP) is 2.95. The van der Waals surface area contributed by atoms with Gasteiger partial charge in [0.05, 0.1) is 29.5 Å². The number of aromatic amines is 1. The molecular weight excluding hydrogens is 350 g/mol. The average Bonchev–Trinajstić information content (AvgIpc) is 2.99. The minimum atomic E-state index is -0.0767. The first-order valence-electron chi connectivity index (χ1n) is 10.0. The second-order valence-electron chi connectivity index (χ2n) is 7.45. The van der Waals surface area contributed by atoms with Crippen molar-refractivity contribution in [2.45, 2.75) is 45.2 Å². The van der Waals surface area contributed by atoms with E-state index in [-0.39, 0.29) is 5.91 Å². The number of pyridine rings is 1. The van der Waals surface area contributed by atoms with Gasteiger partial charge in [0.2, 0.25) is 0 Å². The van der Waals surface area contributed by atoms with E-state index in [1.165, 1.54) is 17.7 Å². The van der Waals surface area contributed by atoms with Crippen LogP contribution in [0.2, 0.25) is 0 Å². The Labute approximate surface area is 165 Å². The Hall–Kier alpha value is -2.73. The van der Waals surface area contributed by atoms with Crippen molar-refractivity contribution in [1.29, 1.82) is 0 Å². The number of amides is 1. The summed E-state index contributed by atoms with van der Waals surface area (Å²) in [6, 6.07) is 4.51. The van der Waals surface area contributed by atoms with E-state index < -0.39 is 0 Å². The van der Waals surface area contributed by atoms with Crippen molar-refractivity contribution in [3.63, 3.8) is 0 Å². The largest absolute Gasteiger partial charge is 0.352 e. The van der Waals surface area contributed by atoms with Gasteiger partial charge in [0.1, 0.15) is 5.82 Å². The molecule has 6 heteroatoms. The van der Waals surface area contributed by atoms with E-state index in [0.717, 1.165) is 36.5 Å². The lowest BCUT2D eigenvalue weighted by Gasteiger charge is -2.31. The molecule has 28 heavy (non-hydrogen) atoms. The Morgan fingerprint density at radius 1 is 1.43 bits per heavy atom. The van der Waals surface area contributed by atoms with Crippen molar-refractivity contribution in [2.75, 3.05) is 13.6 Å². The quantitative estimate of drug-likeness (QED) is 0.840. The molecule has 2 heterocycles. The maximum Gasteiger partial charge on any atom is 0.253 e. The normalized spacial score (nSPS) is 18.2. The third-order valence-electron chi connectivity index (χ3n) is 5.48. The number of nitrogens with one attached hydrogen (secondary N) is 2. The van der Waals surface area contributed by atoms with Crippen LogP contribution in [0.15, 0.2) is 36.6 Å². The Kier molecular flexibility index (Phi) is 5.39. The van der Waals surface area contributed by atoms with Gasteiger partial charge < -0.3 is 10.3 Å². The smallest absolute Gasteiger partial charge is 0.253 e. The van der Waals surface area contributed by atoms with Gasteiger partial charge in [0.15, 0.2) is 0 Å². The van der Waals surface area contributed by atoms with Crippen LogP contribution in [0.3, 0.4) is 0 Å². The minimum Gasteiger partial charge on any atom is -0.352 e. The summed E-state index contributed by atoms with van der Waals surface area (Å²) < 4.78 is 0. The van der Waals surface area contributed by atoms with Gasteiger partial charge in [-0.15, -0.1) is 0 Å². The summed E-state index contributed by atoms with van der Waals surface area (Å²) >= 11 is 0. The number of carbonyl (C=O) groups excluding carboxylic acids is 1. The first-order chi connectivity index (χ1) is 13.7. The summed E-state index contributed by atoms with van der Waals surface area (Å²) in [7, 11) is 2.13. The first-order valence-corrected chi connectivity index (χ1v) is 10.0. The molecular formula is C22H27N5O. The number of carbonyl (C=O) groups is 1. The highest BCUT2D eigenvalue weighted by Gasteiger charge is 2.26. The summed E-state index contributed by atoms with van der Waals surface area (Å²) in [5.74, 6) is 0.813. The highest BCUT2D eigenvalue weighted by molar-refractivity contribution is 6.19. The SMILES string of the molecule is CCNC(=O)C1=CC=CCc2[nH]c(CN(C)C3CCCc4cccnc43)nc21. The number of hydrogen-bond donors (Lipinski definition) is 2. The van der Waals surface area contributed by atoms with Gasteiger partial charge in [-0.3, -0.25) is 14.7 Å². The fourth-order valence-corrected chi connectivity index (χ4v) is 4.14. The van der Waals surface area contributed by atoms with Crippen LogP contribution in [0.25, 0.3) is 5.57 Å². The van der Waals surface area contributed by atoms with Crippen molar-refractivity contribution >= 4 is 11.5 Å². The first kappa shape index (κ1) is 18.6. The molecule has 2 aliphatic rings. The molecule has 0 spiro atoms. The van der Waals surface area contributed by atoms with Crippen molar-refractivity contribution in [1.82, 2.24) is 25.2 Å². The number of nitrogens with zero attached hydrogens (tertiary/aromatic N) is 3. The Morgan fingerprint density at radius 2 is 2.32 bits per heavy atom. The number of likely N-dealkylation sites (N-methyl/N-ethyl adjacent to an activating group) is 1. The van der Waals surface area contributed by atoms with Gasteiger partial charge in [-0.2, -0.15) is 0 Å². The van der Waals surface area contributed by atoms with E-state index >= 15 is 0 Å². The number of imidazole rings is 1. The van der Waals surface area contributed by atoms with Crippen molar-refractivity contribution in [3.8, 4) is 0 Å². The van der Waals surface area contributed by atoms with Crippen molar-refractivity contribution in [2.24, 2.45) is 0 Å². The molecule has 6 nitrogen and oxygen atoms in total. The van der Waals surface area contributed by atoms with E-state index in [9.17, 15) is 4.79 Å². The minimum absolute atomic E-state index is 0.0767. The van der Waals surface area contributed by atoms with Crippen LogP contribution in [0.1, 0.15) is 54.3 Å². The highest BCUT2D eigenvalue weighted by atomic mass is 16.1. The van der Waals surface area contributed by atoms with E-state index in [1.807, 2.05) is 31.3 Å². The summed E-state index contributed by atoms with van der Waals surface area (Å²) in [5.41, 5.74) is 4.93. The van der Waals surface area contributed by atoms with Crippen molar-refractivity contribution in [3.05, 3.63) is 65.0 Å². The molecule has 0 saturated carbocycles. The van der Waals surface area contributed by atoms with E-state index in [0.29, 0.717) is 24.7 Å². The zero-order valence-corrected chi connectivity index (χ0v) is 16.5. The Balaban J connectivity index is 1.56. The van der Waals surface area contributed by atoms with Gasteiger partial charge >= 0.3 is 0 Å². The lowest BCUT2D eigenvalue weighted by atomic mass is 9.91. The van der Waals surface area contributed by atoms with Crippen molar-refractivity contribution < 1.29 is 4.79 Å². The van der Waals surface area contributed by atoms with E-state index in [4.69, 9.17) is 4.98 Å². The highest BCUT2D eigenvalue weighted by Crippen LogP contribution is 2.32. The summed E-state index contributed by atoms with van der Waals surface area (Å²) in [6.07, 6.45) is 11.9. The predicted molar refractivity (Wildman–Crippen MR) is 109 cm³/mol. The van der Waals surface area contributed by atoms with Gasteiger partial charge in [-0.1, -0.05) is 18.2 Å². The maximum absolute atomic E-state index is 12.4. The number of H-pyrrole nitrogens is 1. The molecule has 0 fully saturated rings. The van der Waals surface area contributed by atoms with Gasteiger partial charge in [0.25, 0.3) is 5.91 Å². The molecule has 0 aromatic carbocycles. The van der Waals surface area contributed by atoms with Crippen LogP contribution in [0.4, 0.5) is 0 Å². The number of aromatic nitrogens is 3. The van der Waals surface area contributed by atoms with Gasteiger partial charge in [-0.25, -0.2) is 4.98 Å². The fraction of sp³-hybridized carbons (Fsp3) is 0.409. The van der Waals surface area contributed by atoms with Crippen LogP contribution in [-0.4, -0.2) is 39.4 Å². The van der Waals surface area contributed by atoms with E-state index in [1.54, 1.807) is 0 Å². The third kappa shape index (κ3) is 3.64. The standard InChI is InChI=1S/C22H27N5O/c1-3-23-22(28)16-10-4-5-11-17-21(16)26-19(25-17)14-27(2)18-12-6-8-15-9-7-13-24-20(15)18/h4-5,7,9-10,13,18H,3,6,8,11-12,14H2,1-2H3,(H,23,28)(H,25,26). The van der Waals surface area contributed by atoms with Crippen LogP contribution >= 0.6 is 0 Å². The van der Waals surface area contributed by atoms with Crippen LogP contribution in [-0.2, 0) is 24.2 Å². The fourth-order valence-electron chi connectivity index (χ4n) is 4.14. The second kappa shape index (κ2) is 8.10. The van der Waals surface area contributed by atoms with E-state index in [2.05, 4.69) is 39.4 Å². The molecule has 1 atom stereocenters. The molecule has 4 rings (SSSR count). The molecule has 0 radical (unpaired) electrons. The third-order valence-corrected chi connectivity index (χ3v) is 5.48. The lowest BCUT2D eigenvalue weighted by Crippen LogP contribution is -2.28. The van der Waals surface area contributed by atoms with Crippen LogP contribution in [0.5, 0.6) is 0 Å². The molecule has 2 aliphatic carbocycles. The van der Waals surface area contributed by atoms with Gasteiger partial charge in [0, 0.05) is 24.9 Å². The molecule has 1 unspecified atom stereocenters. The summed E-state index contributed by atoms with van der Waals surface area (Å²) in [6.45, 7) is 3.22. The number of aryl methyl sites for hydroxylation is 1. The molecule has 2 aromatic heterocycles. The summed E-state index contributed by atoms with van der Waals surface area (Å²) in [4.78, 5) is 27.7. The molecule has 1 amide bonds. The molecule has 2 aromatic rings. The topological polar surface area (TPSA) is 73.9 Å². The number of allylic oxidation sites excluding steroid dienone is 3. The molecule has 146 valence electrons. The molecule has 0 saturated heterocycles. The molecule has 0 aliphatic heterocycles. The number of fused-ring (bicyclic) bond motifs is 2. The lowest BCUT2D eigenvalue weighted by molar-refractivity contribution is -0.115. The average molecular weight is 377 g/mol. The maximum atomic E-state index is 12.4. The van der Waals surface area contributed by atoms with Crippen LogP contribution in [0, 0.1) is 0 Å². The monoisotopic (exact) mass is 377 g/mol. The molecule has 2 N–H and O–H groups in total. The Bertz CT molecular complexity index is 927. The Morgan fingerprint density at radius 3 is 3.18 bits per heavy atom. The van der Waals surface area contributed by atoms with Crippen LogP contribution < -0.4 is 5.32 Å². The number of rotatable bonds is 5. The zero-order valence-electron chi connectivity index (χ0n) is 16.5. The molecule has 0 bridgehead atoms. The second-order valence-corrected chi connectivity index (χ2v) is 7.45. The van der Waals surface area contributed by atoms with Gasteiger partial charge in [-0.05, 0) is 50.9 Å². The summed E-state index contributed by atoms with van der Waals surface area (Å²) in [5, 5.41) is 2.88.